The highest BCUT2D eigenvalue weighted by Crippen LogP contribution is 2.27. The quantitative estimate of drug-likeness (QED) is 0.697. The van der Waals surface area contributed by atoms with E-state index in [4.69, 9.17) is 10.5 Å². The Balaban J connectivity index is 1.70. The molecule has 2 aromatic rings. The van der Waals surface area contributed by atoms with Crippen molar-refractivity contribution in [2.75, 3.05) is 30.7 Å². The average molecular weight is 396 g/mol. The third kappa shape index (κ3) is 5.50. The zero-order valence-corrected chi connectivity index (χ0v) is 16.9. The summed E-state index contributed by atoms with van der Waals surface area (Å²) >= 11 is 0. The van der Waals surface area contributed by atoms with Crippen LogP contribution in [0.25, 0.3) is 0 Å². The van der Waals surface area contributed by atoms with Gasteiger partial charge in [-0.05, 0) is 62.4 Å². The van der Waals surface area contributed by atoms with Gasteiger partial charge < -0.3 is 20.7 Å². The topological polar surface area (TPSA) is 84.7 Å². The van der Waals surface area contributed by atoms with Crippen molar-refractivity contribution in [1.29, 1.82) is 0 Å². The van der Waals surface area contributed by atoms with E-state index in [2.05, 4.69) is 5.32 Å². The number of para-hydroxylation sites is 1. The second-order valence-corrected chi connectivity index (χ2v) is 7.24. The van der Waals surface area contributed by atoms with Gasteiger partial charge in [0.2, 0.25) is 5.91 Å². The van der Waals surface area contributed by atoms with Crippen LogP contribution in [0.5, 0.6) is 5.75 Å². The fraction of sp³-hybridized carbons (Fsp3) is 0.391. The minimum absolute atomic E-state index is 0.000284. The monoisotopic (exact) mass is 395 g/mol. The molecule has 1 fully saturated rings. The van der Waals surface area contributed by atoms with E-state index in [-0.39, 0.29) is 11.8 Å². The molecular weight excluding hydrogens is 366 g/mol. The molecule has 0 aromatic heterocycles. The van der Waals surface area contributed by atoms with E-state index in [1.807, 2.05) is 36.1 Å². The van der Waals surface area contributed by atoms with Crippen LogP contribution in [0.3, 0.4) is 0 Å². The standard InChI is InChI=1S/C23H29N3O3/c1-2-29-21-12-10-18(23(28)26-14-6-3-7-15-26)16-20(21)25-22(27)13-11-17-8-4-5-9-19(17)24/h4-5,8-10,12,16H,2-3,6-7,11,13-15,24H2,1H3,(H,25,27). The van der Waals surface area contributed by atoms with E-state index in [0.29, 0.717) is 42.1 Å². The Morgan fingerprint density at radius 3 is 2.59 bits per heavy atom. The molecule has 6 nitrogen and oxygen atoms in total. The van der Waals surface area contributed by atoms with Crippen LogP contribution in [0, 0.1) is 0 Å². The predicted molar refractivity (Wildman–Crippen MR) is 115 cm³/mol. The number of aryl methyl sites for hydroxylation is 1. The van der Waals surface area contributed by atoms with Gasteiger partial charge in [-0.1, -0.05) is 18.2 Å². The average Bonchev–Trinajstić information content (AvgIpc) is 2.74. The first-order chi connectivity index (χ1) is 14.1. The lowest BCUT2D eigenvalue weighted by atomic mass is 10.1. The van der Waals surface area contributed by atoms with E-state index in [0.717, 1.165) is 31.5 Å². The SMILES string of the molecule is CCOc1ccc(C(=O)N2CCCCC2)cc1NC(=O)CCc1ccccc1N. The number of amides is 2. The number of likely N-dealkylation sites (tertiary alicyclic amines) is 1. The van der Waals surface area contributed by atoms with Gasteiger partial charge in [0, 0.05) is 30.8 Å². The van der Waals surface area contributed by atoms with Crippen molar-refractivity contribution in [1.82, 2.24) is 4.90 Å². The molecule has 0 bridgehead atoms. The second-order valence-electron chi connectivity index (χ2n) is 7.24. The maximum atomic E-state index is 12.8. The highest BCUT2D eigenvalue weighted by Gasteiger charge is 2.20. The highest BCUT2D eigenvalue weighted by atomic mass is 16.5. The molecule has 154 valence electrons. The summed E-state index contributed by atoms with van der Waals surface area (Å²) in [6.45, 7) is 3.93. The van der Waals surface area contributed by atoms with Gasteiger partial charge in [-0.25, -0.2) is 0 Å². The predicted octanol–water partition coefficient (Wildman–Crippen LogP) is 3.86. The number of benzene rings is 2. The summed E-state index contributed by atoms with van der Waals surface area (Å²) in [5.41, 5.74) is 8.68. The fourth-order valence-electron chi connectivity index (χ4n) is 3.54. The number of hydrogen-bond acceptors (Lipinski definition) is 4. The zero-order valence-electron chi connectivity index (χ0n) is 16.9. The van der Waals surface area contributed by atoms with Gasteiger partial charge in [-0.15, -0.1) is 0 Å². The van der Waals surface area contributed by atoms with Gasteiger partial charge in [0.25, 0.3) is 5.91 Å². The van der Waals surface area contributed by atoms with Crippen molar-refractivity contribution >= 4 is 23.2 Å². The summed E-state index contributed by atoms with van der Waals surface area (Å²) in [6, 6.07) is 12.8. The lowest BCUT2D eigenvalue weighted by Crippen LogP contribution is -2.35. The van der Waals surface area contributed by atoms with Crippen molar-refractivity contribution < 1.29 is 14.3 Å². The Morgan fingerprint density at radius 1 is 1.10 bits per heavy atom. The maximum absolute atomic E-state index is 12.8. The molecule has 0 radical (unpaired) electrons. The molecule has 0 spiro atoms. The molecule has 1 heterocycles. The third-order valence-electron chi connectivity index (χ3n) is 5.12. The first kappa shape index (κ1) is 20.7. The third-order valence-corrected chi connectivity index (χ3v) is 5.12. The largest absolute Gasteiger partial charge is 0.492 e. The molecule has 1 saturated heterocycles. The normalized spacial score (nSPS) is 13.8. The number of nitrogens with two attached hydrogens (primary N) is 1. The zero-order chi connectivity index (χ0) is 20.6. The molecule has 29 heavy (non-hydrogen) atoms. The number of rotatable bonds is 7. The van der Waals surface area contributed by atoms with E-state index in [1.54, 1.807) is 18.2 Å². The summed E-state index contributed by atoms with van der Waals surface area (Å²) in [5, 5.41) is 2.91. The molecule has 0 aliphatic carbocycles. The second kappa shape index (κ2) is 9.96. The van der Waals surface area contributed by atoms with Gasteiger partial charge >= 0.3 is 0 Å². The van der Waals surface area contributed by atoms with Crippen LogP contribution in [0.1, 0.15) is 48.5 Å². The molecule has 2 amide bonds. The lowest BCUT2D eigenvalue weighted by molar-refractivity contribution is -0.116. The molecule has 3 N–H and O–H groups in total. The van der Waals surface area contributed by atoms with Gasteiger partial charge in [0.05, 0.1) is 12.3 Å². The number of carbonyl (C=O) groups excluding carboxylic acids is 2. The summed E-state index contributed by atoms with van der Waals surface area (Å²) < 4.78 is 5.64. The summed E-state index contributed by atoms with van der Waals surface area (Å²) in [4.78, 5) is 27.2. The number of anilines is 2. The van der Waals surface area contributed by atoms with Crippen LogP contribution in [-0.4, -0.2) is 36.4 Å². The number of piperidine rings is 1. The van der Waals surface area contributed by atoms with Gasteiger partial charge in [-0.3, -0.25) is 9.59 Å². The van der Waals surface area contributed by atoms with Crippen molar-refractivity contribution in [2.45, 2.75) is 39.0 Å². The molecule has 3 rings (SSSR count). The molecule has 2 aromatic carbocycles. The summed E-state index contributed by atoms with van der Waals surface area (Å²) in [5.74, 6) is 0.423. The molecule has 0 unspecified atom stereocenters. The van der Waals surface area contributed by atoms with Crippen LogP contribution in [-0.2, 0) is 11.2 Å². The number of nitrogens with zero attached hydrogens (tertiary/aromatic N) is 1. The van der Waals surface area contributed by atoms with E-state index >= 15 is 0 Å². The Bertz CT molecular complexity index is 860. The molecule has 1 aliphatic rings. The van der Waals surface area contributed by atoms with Crippen molar-refractivity contribution in [3.63, 3.8) is 0 Å². The van der Waals surface area contributed by atoms with Crippen molar-refractivity contribution in [3.8, 4) is 5.75 Å². The Morgan fingerprint density at radius 2 is 1.86 bits per heavy atom. The maximum Gasteiger partial charge on any atom is 0.253 e. The summed E-state index contributed by atoms with van der Waals surface area (Å²) in [6.07, 6.45) is 4.09. The molecule has 0 saturated carbocycles. The van der Waals surface area contributed by atoms with Gasteiger partial charge in [0.1, 0.15) is 5.75 Å². The minimum Gasteiger partial charge on any atom is -0.492 e. The van der Waals surface area contributed by atoms with Crippen LogP contribution in [0.2, 0.25) is 0 Å². The first-order valence-electron chi connectivity index (χ1n) is 10.3. The number of hydrogen-bond donors (Lipinski definition) is 2. The lowest BCUT2D eigenvalue weighted by Gasteiger charge is -2.27. The number of ether oxygens (including phenoxy) is 1. The number of nitrogen functional groups attached to an aromatic ring is 1. The first-order valence-corrected chi connectivity index (χ1v) is 10.3. The van der Waals surface area contributed by atoms with E-state index in [9.17, 15) is 9.59 Å². The van der Waals surface area contributed by atoms with E-state index in [1.165, 1.54) is 6.42 Å². The van der Waals surface area contributed by atoms with Crippen molar-refractivity contribution in [2.24, 2.45) is 0 Å². The van der Waals surface area contributed by atoms with Crippen LogP contribution in [0.4, 0.5) is 11.4 Å². The smallest absolute Gasteiger partial charge is 0.253 e. The molecular formula is C23H29N3O3. The van der Waals surface area contributed by atoms with Gasteiger partial charge in [0.15, 0.2) is 0 Å². The van der Waals surface area contributed by atoms with E-state index < -0.39 is 0 Å². The fourth-order valence-corrected chi connectivity index (χ4v) is 3.54. The van der Waals surface area contributed by atoms with Crippen molar-refractivity contribution in [3.05, 3.63) is 53.6 Å². The Hall–Kier alpha value is -3.02. The molecule has 1 aliphatic heterocycles. The van der Waals surface area contributed by atoms with Gasteiger partial charge in [-0.2, -0.15) is 0 Å². The number of nitrogens with one attached hydrogen (secondary N) is 1. The molecule has 6 heteroatoms. The van der Waals surface area contributed by atoms with Crippen LogP contribution in [0.15, 0.2) is 42.5 Å². The Labute approximate surface area is 172 Å². The highest BCUT2D eigenvalue weighted by molar-refractivity contribution is 5.98. The molecule has 0 atom stereocenters. The van der Waals surface area contributed by atoms with Crippen LogP contribution < -0.4 is 15.8 Å². The van der Waals surface area contributed by atoms with Crippen LogP contribution >= 0.6 is 0 Å². The summed E-state index contributed by atoms with van der Waals surface area (Å²) in [7, 11) is 0. The number of carbonyl (C=O) groups is 2. The Kier molecular flexibility index (Phi) is 7.11. The minimum atomic E-state index is -0.142.